The Hall–Kier alpha value is -0.650. The number of urea groups is 6. The number of piperidine rings is 6. The molecule has 0 radical (unpaired) electrons. The third-order valence-electron chi connectivity index (χ3n) is 26.4. The molecule has 12 aliphatic heterocycles. The van der Waals surface area contributed by atoms with E-state index in [-0.39, 0.29) is 474 Å². The van der Waals surface area contributed by atoms with E-state index < -0.39 is 75.1 Å². The molecule has 796 valence electrons. The van der Waals surface area contributed by atoms with Crippen LogP contribution >= 0.6 is 29.7 Å². The molecule has 14 amide bonds. The van der Waals surface area contributed by atoms with Crippen LogP contribution in [-0.4, -0.2) is 313 Å². The molecule has 6 aliphatic carbocycles. The first-order valence-electron chi connectivity index (χ1n) is 37.1. The van der Waals surface area contributed by atoms with E-state index in [2.05, 4.69) is 86.1 Å². The predicted octanol–water partition coefficient (Wildman–Crippen LogP) is 5.04. The summed E-state index contributed by atoms with van der Waals surface area (Å²) in [6.07, 6.45) is 27.8. The SMILES string of the molecule is C.C.C.C.C.CON1C(=O)N2CC1C1(CC1)CC2C(=O)NC[C-]=O.CON1C(=O)N2CC1C1(CC1)CC2C(=O)O.CON1C(=O)N2CC1C1(CC1)CC2c1nn[c-]o1.NN[C-]=O.O=C1N(O)C2CN1C(c1nn[c-]o1)CC21CC1.O=C1N2CC(N1OS(=O)(=O)O)C1(CC1)CC2c1nn[c-]o1.O=C1N2CC(N1OS(=O)(=O)O)C1(CC1)CC2c1nn[c-]o1.P.P.P.[CH3-].[CH3-].[CH3-].[CH3-].[CH3-].[W+2].[W+2].[W+2].[W+2].[W+2].[W].[W].[W].[W].[W].[W].[W]. The Morgan fingerprint density at radius 3 is 0.865 bits per heavy atom. The summed E-state index contributed by atoms with van der Waals surface area (Å²) in [4.78, 5) is 140. The number of amides is 14. The topological polar surface area (TPSA) is 611 Å². The monoisotopic (exact) mass is 4130 g/mol. The van der Waals surface area contributed by atoms with Crippen LogP contribution in [0.1, 0.15) is 200 Å². The van der Waals surface area contributed by atoms with Crippen molar-refractivity contribution in [1.82, 2.24) is 111 Å². The van der Waals surface area contributed by atoms with Gasteiger partial charge in [0.2, 0.25) is 5.91 Å². The first-order valence-corrected chi connectivity index (χ1v) is 39.8. The molecule has 4 aromatic heterocycles. The molecule has 12 bridgehead atoms. The molecule has 18 fully saturated rings. The second kappa shape index (κ2) is 63.3. The number of aliphatic carboxylic acids is 1. The number of hydrazine groups is 1. The molecule has 50 nitrogen and oxygen atoms in total. The zero-order chi connectivity index (χ0) is 82.1. The van der Waals surface area contributed by atoms with E-state index in [1.165, 1.54) is 55.4 Å². The molecule has 6 saturated carbocycles. The summed E-state index contributed by atoms with van der Waals surface area (Å²) in [5, 5.41) is 57.5. The number of rotatable bonds is 16. The van der Waals surface area contributed by atoms with Crippen LogP contribution in [0.3, 0.4) is 0 Å². The fourth-order valence-electron chi connectivity index (χ4n) is 19.5. The van der Waals surface area contributed by atoms with Crippen LogP contribution in [0.25, 0.3) is 0 Å². The number of hydroxylamine groups is 12. The number of hydrogen-bond donors (Lipinski definition) is 7. The van der Waals surface area contributed by atoms with E-state index in [0.29, 0.717) is 76.7 Å². The second-order valence-corrected chi connectivity index (χ2v) is 34.1. The Morgan fingerprint density at radius 1 is 0.411 bits per heavy atom. The van der Waals surface area contributed by atoms with Gasteiger partial charge >= 0.3 is 168 Å². The summed E-state index contributed by atoms with van der Waals surface area (Å²) in [6, 6.07) is -5.29. The van der Waals surface area contributed by atoms with Crippen LogP contribution < -0.4 is 16.6 Å². The standard InChI is InChI=1S/C12H16N3O4.C11H13N4O3.2C10H11N4O6S.C10H11N4O3.C10H14N2O4.CH3N2O.5CH4.5CH3.3H3P.12W/c1-19-15-9-7-14(11(15)18)8(6-12(9)2-3-12)10(17)13-4-5-16;1-17-15-8-5-14(10(15)16)7(4-11(8)2-3-11)9-13-12-6-18-9;2*15-9-13-4-7(14(9)20-21(16,17)18)10(1-2-10)3-6(13)8-12-11-5-19-8;15-9-13-4-7(14(9)16)10(1-2-10)3-6(13)8-12-11-5-17-8;1-16-12-7-5-11(9(12)15)6(8(13)14)4-10(7)2-3-10;2-3-1-4;;;;;;;;;;;;;;;;;;;;;;;;;/h8-9H,2-4,6-7H2,1H3,(H,13,17);7-8H,2-5H2,1H3;2*6-7H,1-4H2,(H,16,17,18);6-7,16H,1-4H2;6-7H,2-5H2,1H3,(H,13,14);2H2,(H,3,4);5*1H4;8*1H3;;;;;;;;;;;;/q5*-1;;-1;;;;;;5*-1;;;;;;;;;;;5*+2. The van der Waals surface area contributed by atoms with Gasteiger partial charge in [0, 0.05) is 211 Å². The van der Waals surface area contributed by atoms with Gasteiger partial charge in [-0.3, -0.25) is 39.5 Å². The van der Waals surface area contributed by atoms with Gasteiger partial charge in [0.1, 0.15) is 12.1 Å². The van der Waals surface area contributed by atoms with Crippen molar-refractivity contribution >= 4 is 111 Å². The van der Waals surface area contributed by atoms with Crippen molar-refractivity contribution in [1.29, 1.82) is 0 Å². The molecule has 141 heavy (non-hydrogen) atoms. The van der Waals surface area contributed by atoms with Gasteiger partial charge in [-0.2, -0.15) is 78.3 Å². The van der Waals surface area contributed by atoms with Gasteiger partial charge in [-0.15, -0.1) is 8.57 Å². The maximum absolute atomic E-state index is 12.3. The van der Waals surface area contributed by atoms with Crippen LogP contribution in [0.5, 0.6) is 0 Å². The van der Waals surface area contributed by atoms with Gasteiger partial charge < -0.3 is 110 Å². The largest absolute Gasteiger partial charge is 2.00 e. The smallest absolute Gasteiger partial charge is 0.611 e. The molecule has 4 aromatic rings. The first kappa shape index (κ1) is 160. The number of carbonyl (C=O) groups is 8. The van der Waals surface area contributed by atoms with Crippen molar-refractivity contribution in [2.75, 3.05) is 67.1 Å². The molecular weight excluding hydrogens is 4010 g/mol. The summed E-state index contributed by atoms with van der Waals surface area (Å²) in [5.41, 5.74) is 1.42. The molecular formula is C74H123N23O27P3S2W12-. The maximum atomic E-state index is 12.3. The third kappa shape index (κ3) is 31.6. The Kier molecular flexibility index (Phi) is 72.0. The fourth-order valence-corrected chi connectivity index (χ4v) is 20.3. The van der Waals surface area contributed by atoms with Gasteiger partial charge in [-0.25, -0.2) is 85.7 Å². The number of fused-ring (bicyclic) bond motifs is 18. The molecule has 18 aliphatic rings. The summed E-state index contributed by atoms with van der Waals surface area (Å²) in [5.74, 6) is 4.59. The van der Waals surface area contributed by atoms with E-state index in [0.717, 1.165) is 105 Å². The summed E-state index contributed by atoms with van der Waals surface area (Å²) < 4.78 is 90.7. The summed E-state index contributed by atoms with van der Waals surface area (Å²) in [6.45, 7) is 2.69. The Morgan fingerprint density at radius 2 is 0.631 bits per heavy atom. The van der Waals surface area contributed by atoms with Crippen LogP contribution in [0.2, 0.25) is 0 Å². The molecule has 0 aromatic carbocycles. The molecule has 8 N–H and O–H groups in total. The quantitative estimate of drug-likeness (QED) is 0.0113. The molecule has 16 heterocycles. The number of aromatic nitrogens is 8. The Bertz CT molecular complexity index is 4630. The van der Waals surface area contributed by atoms with E-state index in [1.54, 1.807) is 28.6 Å². The van der Waals surface area contributed by atoms with Crippen molar-refractivity contribution in [2.45, 2.75) is 225 Å². The third-order valence-corrected chi connectivity index (χ3v) is 27.1. The zero-order valence-corrected chi connectivity index (χ0v) is 115. The average Bonchev–Trinajstić information content (AvgIpc) is 1.51. The molecule has 22 rings (SSSR count). The van der Waals surface area contributed by atoms with E-state index in [9.17, 15) is 65.2 Å². The number of nitrogens with one attached hydrogen (secondary N) is 2. The fraction of sp³-hybridized carbons (Fsp3) is 0.689. The van der Waals surface area contributed by atoms with Crippen LogP contribution in [0.15, 0.2) is 17.7 Å². The number of carboxylic acid groups (broad SMARTS) is 1. The number of hydrogen-bond acceptors (Lipinski definition) is 33. The van der Waals surface area contributed by atoms with Gasteiger partial charge in [0.05, 0.1) is 107 Å². The van der Waals surface area contributed by atoms with E-state index in [4.69, 9.17) is 51.2 Å². The molecule has 15 unspecified atom stereocenters. The van der Waals surface area contributed by atoms with Crippen molar-refractivity contribution < 1.29 is 378 Å². The van der Waals surface area contributed by atoms with Gasteiger partial charge in [0.25, 0.3) is 0 Å². The maximum Gasteiger partial charge on any atom is 2.00 e. The minimum Gasteiger partial charge on any atom is -0.611 e. The van der Waals surface area contributed by atoms with Crippen LogP contribution in [0, 0.1) is 95.2 Å². The van der Waals surface area contributed by atoms with Gasteiger partial charge in [-0.1, -0.05) is 43.7 Å². The molecule has 6 spiro atoms. The summed E-state index contributed by atoms with van der Waals surface area (Å²) >= 11 is 0. The van der Waals surface area contributed by atoms with Crippen molar-refractivity contribution in [3.63, 3.8) is 0 Å². The normalized spacial score (nSPS) is 25.4. The van der Waals surface area contributed by atoms with Crippen molar-refractivity contribution in [2.24, 2.45) is 38.3 Å². The van der Waals surface area contributed by atoms with Crippen molar-refractivity contribution in [3.8, 4) is 0 Å². The van der Waals surface area contributed by atoms with Crippen LogP contribution in [-0.2, 0) is 316 Å². The van der Waals surface area contributed by atoms with Gasteiger partial charge in [0.15, 0.2) is 0 Å². The summed E-state index contributed by atoms with van der Waals surface area (Å²) in [7, 11) is -5.01. The number of nitrogens with zero attached hydrogens (tertiary/aromatic N) is 20. The predicted molar refractivity (Wildman–Crippen MR) is 462 cm³/mol. The minimum atomic E-state index is -4.75. The van der Waals surface area contributed by atoms with Crippen molar-refractivity contribution in [3.05, 3.63) is 86.3 Å². The minimum absolute atomic E-state index is 0. The molecule has 15 atom stereocenters. The van der Waals surface area contributed by atoms with E-state index >= 15 is 0 Å². The number of carbonyl (C=O) groups excluding carboxylic acids is 9. The number of nitrogens with two attached hydrogens (primary N) is 1. The van der Waals surface area contributed by atoms with E-state index in [1.807, 2.05) is 0 Å². The second-order valence-electron chi connectivity index (χ2n) is 32.1. The molecule has 12 saturated heterocycles. The van der Waals surface area contributed by atoms with Crippen LogP contribution in [0.4, 0.5) is 28.8 Å². The Balaban J connectivity index is -0.000000175. The van der Waals surface area contributed by atoms with Gasteiger partial charge in [-0.05, 0) is 148 Å². The zero-order valence-electron chi connectivity index (χ0n) is 74.1. The Labute approximate surface area is 1010 Å². The first-order chi connectivity index (χ1) is 55.4. The number of carboxylic acids is 1. The average molecular weight is 4130 g/mol. The molecule has 67 heteroatoms.